The lowest BCUT2D eigenvalue weighted by molar-refractivity contribution is 0.281. The zero-order valence-electron chi connectivity index (χ0n) is 8.93. The highest BCUT2D eigenvalue weighted by atomic mass is 16.5. The van der Waals surface area contributed by atoms with Crippen molar-refractivity contribution in [3.63, 3.8) is 0 Å². The van der Waals surface area contributed by atoms with Crippen LogP contribution in [-0.4, -0.2) is 6.61 Å². The van der Waals surface area contributed by atoms with Gasteiger partial charge in [-0.1, -0.05) is 51.2 Å². The van der Waals surface area contributed by atoms with Crippen molar-refractivity contribution in [2.75, 3.05) is 6.61 Å². The average Bonchev–Trinajstić information content (AvgIpc) is 2.16. The predicted molar refractivity (Wildman–Crippen MR) is 58.4 cm³/mol. The molecule has 0 fully saturated rings. The zero-order valence-corrected chi connectivity index (χ0v) is 8.93. The van der Waals surface area contributed by atoms with E-state index in [1.54, 1.807) is 0 Å². The van der Waals surface area contributed by atoms with Gasteiger partial charge in [0.15, 0.2) is 0 Å². The van der Waals surface area contributed by atoms with Gasteiger partial charge in [0.2, 0.25) is 0 Å². The van der Waals surface area contributed by atoms with Gasteiger partial charge in [-0.25, -0.2) is 0 Å². The second-order valence-corrected chi connectivity index (χ2v) is 3.40. The molecular formula is C12H23O. The number of hydrogen-bond acceptors (Lipinski definition) is 1. The van der Waals surface area contributed by atoms with E-state index in [9.17, 15) is 0 Å². The van der Waals surface area contributed by atoms with Crippen LogP contribution in [-0.2, 0) is 4.74 Å². The van der Waals surface area contributed by atoms with Crippen LogP contribution in [0.5, 0.6) is 0 Å². The second-order valence-electron chi connectivity index (χ2n) is 3.40. The van der Waals surface area contributed by atoms with Crippen molar-refractivity contribution in [1.29, 1.82) is 0 Å². The Morgan fingerprint density at radius 1 is 1.00 bits per heavy atom. The third-order valence-electron chi connectivity index (χ3n) is 2.11. The maximum Gasteiger partial charge on any atom is 0.0704 e. The summed E-state index contributed by atoms with van der Waals surface area (Å²) in [7, 11) is 3.30. The molecule has 0 saturated heterocycles. The van der Waals surface area contributed by atoms with E-state index < -0.39 is 0 Å². The van der Waals surface area contributed by atoms with Gasteiger partial charge < -0.3 is 4.74 Å². The van der Waals surface area contributed by atoms with Gasteiger partial charge >= 0.3 is 0 Å². The van der Waals surface area contributed by atoms with Gasteiger partial charge in [0.05, 0.1) is 13.7 Å². The van der Waals surface area contributed by atoms with Crippen molar-refractivity contribution < 1.29 is 4.74 Å². The summed E-state index contributed by atoms with van der Waals surface area (Å²) in [5, 5.41) is 0. The Morgan fingerprint density at radius 3 is 2.38 bits per heavy atom. The van der Waals surface area contributed by atoms with Crippen LogP contribution in [0.15, 0.2) is 12.2 Å². The smallest absolute Gasteiger partial charge is 0.0704 e. The molecular weight excluding hydrogens is 160 g/mol. The highest BCUT2D eigenvalue weighted by Gasteiger charge is 1.87. The molecule has 0 aromatic rings. The quantitative estimate of drug-likeness (QED) is 0.386. The maximum absolute atomic E-state index is 4.66. The minimum atomic E-state index is 0.649. The Hall–Kier alpha value is -0.300. The molecule has 1 radical (unpaired) electrons. The summed E-state index contributed by atoms with van der Waals surface area (Å²) >= 11 is 0. The number of ether oxygens (including phenoxy) is 1. The topological polar surface area (TPSA) is 9.23 Å². The Morgan fingerprint density at radius 2 is 1.69 bits per heavy atom. The molecule has 77 valence electrons. The van der Waals surface area contributed by atoms with Crippen LogP contribution >= 0.6 is 0 Å². The molecule has 13 heavy (non-hydrogen) atoms. The van der Waals surface area contributed by atoms with E-state index in [0.717, 1.165) is 0 Å². The zero-order chi connectivity index (χ0) is 9.78. The van der Waals surface area contributed by atoms with Gasteiger partial charge in [0, 0.05) is 0 Å². The van der Waals surface area contributed by atoms with Crippen LogP contribution in [0, 0.1) is 7.11 Å². The molecule has 0 heterocycles. The lowest BCUT2D eigenvalue weighted by atomic mass is 10.1. The fourth-order valence-corrected chi connectivity index (χ4v) is 1.30. The molecule has 0 rings (SSSR count). The minimum absolute atomic E-state index is 0.649. The summed E-state index contributed by atoms with van der Waals surface area (Å²) in [6.07, 6.45) is 13.6. The molecule has 0 aliphatic carbocycles. The van der Waals surface area contributed by atoms with Gasteiger partial charge in [-0.05, 0) is 12.8 Å². The Bertz CT molecular complexity index is 108. The Balaban J connectivity index is 2.91. The molecule has 0 unspecified atom stereocenters. The van der Waals surface area contributed by atoms with Crippen molar-refractivity contribution in [1.82, 2.24) is 0 Å². The number of rotatable bonds is 9. The molecule has 0 aromatic heterocycles. The molecule has 0 spiro atoms. The van der Waals surface area contributed by atoms with Crippen LogP contribution in [0.1, 0.15) is 51.9 Å². The van der Waals surface area contributed by atoms with Crippen LogP contribution < -0.4 is 0 Å². The first-order chi connectivity index (χ1) is 6.41. The highest BCUT2D eigenvalue weighted by molar-refractivity contribution is 4.81. The van der Waals surface area contributed by atoms with Crippen LogP contribution in [0.3, 0.4) is 0 Å². The first-order valence-electron chi connectivity index (χ1n) is 5.43. The standard InChI is InChI=1S/C12H23O/c1-3-4-5-6-7-8-9-10-11-12-13-2/h10-11H,2-9,12H2,1H3. The van der Waals surface area contributed by atoms with Crippen LogP contribution in [0.4, 0.5) is 0 Å². The lowest BCUT2D eigenvalue weighted by Gasteiger charge is -1.97. The monoisotopic (exact) mass is 183 g/mol. The molecule has 1 heteroatoms. The van der Waals surface area contributed by atoms with E-state index in [0.29, 0.717) is 6.61 Å². The van der Waals surface area contributed by atoms with E-state index in [4.69, 9.17) is 0 Å². The van der Waals surface area contributed by atoms with Gasteiger partial charge in [0.1, 0.15) is 0 Å². The van der Waals surface area contributed by atoms with E-state index in [2.05, 4.69) is 24.8 Å². The van der Waals surface area contributed by atoms with Crippen molar-refractivity contribution >= 4 is 0 Å². The molecule has 0 aromatic carbocycles. The van der Waals surface area contributed by atoms with E-state index in [1.807, 2.05) is 6.08 Å². The summed E-state index contributed by atoms with van der Waals surface area (Å²) < 4.78 is 4.66. The summed E-state index contributed by atoms with van der Waals surface area (Å²) in [5.74, 6) is 0. The van der Waals surface area contributed by atoms with Crippen LogP contribution in [0.25, 0.3) is 0 Å². The Labute approximate surface area is 83.2 Å². The van der Waals surface area contributed by atoms with E-state index in [1.165, 1.54) is 44.9 Å². The van der Waals surface area contributed by atoms with E-state index >= 15 is 0 Å². The second kappa shape index (κ2) is 11.7. The van der Waals surface area contributed by atoms with Crippen molar-refractivity contribution in [2.45, 2.75) is 51.9 Å². The van der Waals surface area contributed by atoms with Gasteiger partial charge in [0.25, 0.3) is 0 Å². The summed E-state index contributed by atoms with van der Waals surface area (Å²) in [4.78, 5) is 0. The van der Waals surface area contributed by atoms with Gasteiger partial charge in [-0.2, -0.15) is 0 Å². The van der Waals surface area contributed by atoms with Gasteiger partial charge in [-0.3, -0.25) is 0 Å². The van der Waals surface area contributed by atoms with Crippen LogP contribution in [0.2, 0.25) is 0 Å². The first-order valence-corrected chi connectivity index (χ1v) is 5.43. The largest absolute Gasteiger partial charge is 0.375 e. The number of hydrogen-bond donors (Lipinski definition) is 0. The maximum atomic E-state index is 4.66. The third-order valence-corrected chi connectivity index (χ3v) is 2.11. The summed E-state index contributed by atoms with van der Waals surface area (Å²) in [5.41, 5.74) is 0. The van der Waals surface area contributed by atoms with Gasteiger partial charge in [-0.15, -0.1) is 0 Å². The summed E-state index contributed by atoms with van der Waals surface area (Å²) in [6, 6.07) is 0. The summed E-state index contributed by atoms with van der Waals surface area (Å²) in [6.45, 7) is 2.90. The SMILES string of the molecule is [CH2]OCC=CCCCCCCCC. The van der Waals surface area contributed by atoms with Crippen molar-refractivity contribution in [2.24, 2.45) is 0 Å². The molecule has 0 saturated carbocycles. The average molecular weight is 183 g/mol. The molecule has 0 amide bonds. The molecule has 0 aliphatic rings. The molecule has 0 bridgehead atoms. The molecule has 1 nitrogen and oxygen atoms in total. The first kappa shape index (κ1) is 12.7. The Kier molecular flexibility index (Phi) is 11.4. The molecule has 0 N–H and O–H groups in total. The number of allylic oxidation sites excluding steroid dienone is 1. The fraction of sp³-hybridized carbons (Fsp3) is 0.750. The minimum Gasteiger partial charge on any atom is -0.375 e. The lowest BCUT2D eigenvalue weighted by Crippen LogP contribution is -1.79. The van der Waals surface area contributed by atoms with Crippen molar-refractivity contribution in [3.8, 4) is 0 Å². The molecule has 0 atom stereocenters. The van der Waals surface area contributed by atoms with E-state index in [-0.39, 0.29) is 0 Å². The highest BCUT2D eigenvalue weighted by Crippen LogP contribution is 2.06. The fourth-order valence-electron chi connectivity index (χ4n) is 1.30. The molecule has 0 aliphatic heterocycles. The normalized spacial score (nSPS) is 11.2. The van der Waals surface area contributed by atoms with Crippen molar-refractivity contribution in [3.05, 3.63) is 19.3 Å². The third kappa shape index (κ3) is 11.7. The predicted octanol–water partition coefficient (Wildman–Crippen LogP) is 4.10. The number of unbranched alkanes of at least 4 members (excludes halogenated alkanes) is 6.